The molecule has 2 N–H and O–H groups in total. The first kappa shape index (κ1) is 11.1. The number of aromatic nitrogens is 1. The van der Waals surface area contributed by atoms with Crippen molar-refractivity contribution < 1.29 is 4.79 Å². The van der Waals surface area contributed by atoms with Gasteiger partial charge in [0.25, 0.3) is 5.91 Å². The molecule has 3 aliphatic rings. The second-order valence-electron chi connectivity index (χ2n) is 5.79. The highest BCUT2D eigenvalue weighted by molar-refractivity contribution is 5.93. The van der Waals surface area contributed by atoms with E-state index in [1.54, 1.807) is 0 Å². The normalized spacial score (nSPS) is 23.8. The van der Waals surface area contributed by atoms with Gasteiger partial charge in [-0.25, -0.2) is 4.98 Å². The zero-order valence-electron chi connectivity index (χ0n) is 10.9. The number of carbonyl (C=O) groups is 1. The molecule has 2 bridgehead atoms. The summed E-state index contributed by atoms with van der Waals surface area (Å²) in [5, 5.41) is 6.39. The Hall–Kier alpha value is -1.78. The molecule has 100 valence electrons. The standard InChI is InChI=1S/C14H18N4O/c19-14(15-7-9-1-2-9)11-3-4-12-13(17-11)16-10-5-6-18(12)8-10/h3-4,9-10H,1-2,5-8H2,(H,15,19)(H,16,17). The highest BCUT2D eigenvalue weighted by atomic mass is 16.1. The number of nitrogens with one attached hydrogen (secondary N) is 2. The minimum atomic E-state index is -0.0515. The van der Waals surface area contributed by atoms with Gasteiger partial charge in [-0.3, -0.25) is 4.79 Å². The largest absolute Gasteiger partial charge is 0.366 e. The number of hydrogen-bond acceptors (Lipinski definition) is 4. The maximum Gasteiger partial charge on any atom is 0.269 e. The fraction of sp³-hybridized carbons (Fsp3) is 0.571. The van der Waals surface area contributed by atoms with Crippen LogP contribution in [0.5, 0.6) is 0 Å². The van der Waals surface area contributed by atoms with E-state index in [-0.39, 0.29) is 5.91 Å². The Morgan fingerprint density at radius 2 is 2.32 bits per heavy atom. The summed E-state index contributed by atoms with van der Waals surface area (Å²) in [6.45, 7) is 2.93. The van der Waals surface area contributed by atoms with Crippen LogP contribution in [0.1, 0.15) is 29.8 Å². The molecule has 1 unspecified atom stereocenters. The maximum atomic E-state index is 12.0. The van der Waals surface area contributed by atoms with Crippen molar-refractivity contribution in [3.05, 3.63) is 17.8 Å². The molecule has 1 atom stereocenters. The molecule has 1 aromatic heterocycles. The summed E-state index contributed by atoms with van der Waals surface area (Å²) in [6.07, 6.45) is 3.64. The SMILES string of the molecule is O=C(NCC1CC1)c1ccc2c(n1)NC1CCN2C1. The first-order chi connectivity index (χ1) is 9.29. The van der Waals surface area contributed by atoms with Crippen LogP contribution in [-0.2, 0) is 0 Å². The lowest BCUT2D eigenvalue weighted by Crippen LogP contribution is -2.33. The molecule has 2 fully saturated rings. The van der Waals surface area contributed by atoms with Crippen molar-refractivity contribution in [3.8, 4) is 0 Å². The van der Waals surface area contributed by atoms with Crippen molar-refractivity contribution in [2.75, 3.05) is 29.9 Å². The number of hydrogen-bond donors (Lipinski definition) is 2. The van der Waals surface area contributed by atoms with Gasteiger partial charge in [0.2, 0.25) is 0 Å². The monoisotopic (exact) mass is 258 g/mol. The Balaban J connectivity index is 1.54. The van der Waals surface area contributed by atoms with Crippen LogP contribution >= 0.6 is 0 Å². The van der Waals surface area contributed by atoms with E-state index >= 15 is 0 Å². The highest BCUT2D eigenvalue weighted by Gasteiger charge is 2.31. The molecule has 5 heteroatoms. The number of anilines is 2. The molecule has 1 saturated heterocycles. The van der Waals surface area contributed by atoms with Crippen LogP contribution in [-0.4, -0.2) is 36.6 Å². The van der Waals surface area contributed by atoms with E-state index in [4.69, 9.17) is 0 Å². The topological polar surface area (TPSA) is 57.3 Å². The van der Waals surface area contributed by atoms with Crippen molar-refractivity contribution in [1.82, 2.24) is 10.3 Å². The lowest BCUT2D eigenvalue weighted by Gasteiger charge is -2.27. The van der Waals surface area contributed by atoms with E-state index in [0.717, 1.165) is 37.6 Å². The Kier molecular flexibility index (Phi) is 2.40. The van der Waals surface area contributed by atoms with E-state index in [1.807, 2.05) is 12.1 Å². The number of pyridine rings is 1. The smallest absolute Gasteiger partial charge is 0.269 e. The van der Waals surface area contributed by atoms with Crippen LogP contribution in [0.4, 0.5) is 11.5 Å². The van der Waals surface area contributed by atoms with E-state index in [1.165, 1.54) is 12.8 Å². The second-order valence-corrected chi connectivity index (χ2v) is 5.79. The average molecular weight is 258 g/mol. The number of carbonyl (C=O) groups excluding carboxylic acids is 1. The van der Waals surface area contributed by atoms with Crippen LogP contribution in [0.2, 0.25) is 0 Å². The summed E-state index contributed by atoms with van der Waals surface area (Å²) < 4.78 is 0. The first-order valence-corrected chi connectivity index (χ1v) is 7.10. The molecular weight excluding hydrogens is 240 g/mol. The van der Waals surface area contributed by atoms with Gasteiger partial charge < -0.3 is 15.5 Å². The summed E-state index contributed by atoms with van der Waals surface area (Å²) in [4.78, 5) is 18.9. The maximum absolute atomic E-state index is 12.0. The summed E-state index contributed by atoms with van der Waals surface area (Å²) >= 11 is 0. The minimum Gasteiger partial charge on any atom is -0.366 e. The van der Waals surface area contributed by atoms with Crippen molar-refractivity contribution in [3.63, 3.8) is 0 Å². The molecule has 1 aliphatic carbocycles. The Bertz CT molecular complexity index is 526. The molecule has 4 rings (SSSR count). The Labute approximate surface area is 112 Å². The van der Waals surface area contributed by atoms with E-state index in [9.17, 15) is 4.79 Å². The summed E-state index contributed by atoms with van der Waals surface area (Å²) in [5.41, 5.74) is 1.65. The fourth-order valence-corrected chi connectivity index (χ4v) is 2.88. The zero-order valence-corrected chi connectivity index (χ0v) is 10.9. The van der Waals surface area contributed by atoms with Gasteiger partial charge in [0, 0.05) is 25.7 Å². The third-order valence-corrected chi connectivity index (χ3v) is 4.22. The van der Waals surface area contributed by atoms with Gasteiger partial charge in [0.15, 0.2) is 5.82 Å². The molecule has 1 saturated carbocycles. The van der Waals surface area contributed by atoms with Gasteiger partial charge >= 0.3 is 0 Å². The molecule has 19 heavy (non-hydrogen) atoms. The lowest BCUT2D eigenvalue weighted by molar-refractivity contribution is 0.0947. The van der Waals surface area contributed by atoms with E-state index in [0.29, 0.717) is 17.7 Å². The third-order valence-electron chi connectivity index (χ3n) is 4.22. The predicted octanol–water partition coefficient (Wildman–Crippen LogP) is 1.23. The Morgan fingerprint density at radius 1 is 1.42 bits per heavy atom. The van der Waals surface area contributed by atoms with Gasteiger partial charge in [0.1, 0.15) is 5.69 Å². The van der Waals surface area contributed by atoms with Crippen LogP contribution in [0.15, 0.2) is 12.1 Å². The van der Waals surface area contributed by atoms with Crippen LogP contribution < -0.4 is 15.5 Å². The quantitative estimate of drug-likeness (QED) is 0.856. The van der Waals surface area contributed by atoms with Gasteiger partial charge in [-0.1, -0.05) is 0 Å². The fourth-order valence-electron chi connectivity index (χ4n) is 2.88. The number of nitrogens with zero attached hydrogens (tertiary/aromatic N) is 2. The molecule has 3 heterocycles. The number of rotatable bonds is 3. The van der Waals surface area contributed by atoms with Gasteiger partial charge in [-0.15, -0.1) is 0 Å². The van der Waals surface area contributed by atoms with Crippen molar-refractivity contribution in [1.29, 1.82) is 0 Å². The van der Waals surface area contributed by atoms with Gasteiger partial charge in [-0.05, 0) is 37.3 Å². The first-order valence-electron chi connectivity index (χ1n) is 7.10. The van der Waals surface area contributed by atoms with E-state index in [2.05, 4.69) is 20.5 Å². The summed E-state index contributed by atoms with van der Waals surface area (Å²) in [7, 11) is 0. The molecule has 0 aromatic carbocycles. The van der Waals surface area contributed by atoms with E-state index < -0.39 is 0 Å². The predicted molar refractivity (Wildman–Crippen MR) is 73.5 cm³/mol. The molecular formula is C14H18N4O. The van der Waals surface area contributed by atoms with Crippen molar-refractivity contribution >= 4 is 17.4 Å². The Morgan fingerprint density at radius 3 is 3.16 bits per heavy atom. The highest BCUT2D eigenvalue weighted by Crippen LogP contribution is 2.34. The molecule has 5 nitrogen and oxygen atoms in total. The summed E-state index contributed by atoms with van der Waals surface area (Å²) in [5.74, 6) is 1.51. The van der Waals surface area contributed by atoms with Gasteiger partial charge in [-0.2, -0.15) is 0 Å². The molecule has 0 radical (unpaired) electrons. The summed E-state index contributed by atoms with van der Waals surface area (Å²) in [6, 6.07) is 4.34. The number of fused-ring (bicyclic) bond motifs is 4. The molecule has 1 aromatic rings. The molecule has 2 aliphatic heterocycles. The minimum absolute atomic E-state index is 0.0515. The van der Waals surface area contributed by atoms with Gasteiger partial charge in [0.05, 0.1) is 5.69 Å². The number of amides is 1. The van der Waals surface area contributed by atoms with Crippen molar-refractivity contribution in [2.24, 2.45) is 5.92 Å². The zero-order chi connectivity index (χ0) is 12.8. The average Bonchev–Trinajstić information content (AvgIpc) is 3.19. The molecule has 1 amide bonds. The third kappa shape index (κ3) is 2.03. The second kappa shape index (κ2) is 4.11. The lowest BCUT2D eigenvalue weighted by atomic mass is 10.2. The van der Waals surface area contributed by atoms with Crippen LogP contribution in [0.25, 0.3) is 0 Å². The molecule has 0 spiro atoms. The van der Waals surface area contributed by atoms with Crippen LogP contribution in [0.3, 0.4) is 0 Å². The van der Waals surface area contributed by atoms with Crippen molar-refractivity contribution in [2.45, 2.75) is 25.3 Å². The van der Waals surface area contributed by atoms with Crippen LogP contribution in [0, 0.1) is 5.92 Å².